The first-order valence-electron chi connectivity index (χ1n) is 10.2. The quantitative estimate of drug-likeness (QED) is 0.621. The van der Waals surface area contributed by atoms with Crippen LogP contribution in [0.15, 0.2) is 71.5 Å². The van der Waals surface area contributed by atoms with Gasteiger partial charge >= 0.3 is 6.18 Å². The van der Waals surface area contributed by atoms with Gasteiger partial charge in [0.2, 0.25) is 0 Å². The zero-order chi connectivity index (χ0) is 21.8. The molecule has 0 bridgehead atoms. The molecule has 0 atom stereocenters. The summed E-state index contributed by atoms with van der Waals surface area (Å²) in [5.74, 6) is 0. The number of nitrogens with zero attached hydrogens (tertiary/aromatic N) is 4. The number of anilines is 1. The number of hydrogen-bond acceptors (Lipinski definition) is 4. The summed E-state index contributed by atoms with van der Waals surface area (Å²) in [5.41, 5.74) is 1.50. The van der Waals surface area contributed by atoms with Gasteiger partial charge in [-0.15, -0.1) is 0 Å². The molecular formula is C23H23F3N4O. The molecule has 1 saturated heterocycles. The Kier molecular flexibility index (Phi) is 6.08. The first kappa shape index (κ1) is 21.1. The number of halogens is 3. The number of alkyl halides is 3. The maximum absolute atomic E-state index is 13.0. The van der Waals surface area contributed by atoms with E-state index in [1.165, 1.54) is 22.9 Å². The summed E-state index contributed by atoms with van der Waals surface area (Å²) in [6, 6.07) is 18.4. The third-order valence-electron chi connectivity index (χ3n) is 5.48. The Balaban J connectivity index is 1.36. The van der Waals surface area contributed by atoms with Crippen molar-refractivity contribution in [2.75, 3.05) is 37.6 Å². The summed E-state index contributed by atoms with van der Waals surface area (Å²) in [6.07, 6.45) is -4.34. The van der Waals surface area contributed by atoms with Gasteiger partial charge < -0.3 is 4.90 Å². The molecule has 31 heavy (non-hydrogen) atoms. The normalized spacial score (nSPS) is 15.3. The first-order chi connectivity index (χ1) is 14.9. The lowest BCUT2D eigenvalue weighted by molar-refractivity contribution is -0.137. The predicted molar refractivity (Wildman–Crippen MR) is 114 cm³/mol. The van der Waals surface area contributed by atoms with Gasteiger partial charge in [-0.2, -0.15) is 18.3 Å². The largest absolute Gasteiger partial charge is 0.416 e. The minimum absolute atomic E-state index is 0.151. The molecule has 3 aromatic rings. The van der Waals surface area contributed by atoms with Crippen molar-refractivity contribution in [3.05, 3.63) is 82.6 Å². The van der Waals surface area contributed by atoms with Crippen LogP contribution in [0.5, 0.6) is 0 Å². The molecular weight excluding hydrogens is 405 g/mol. The SMILES string of the molecule is O=c1ccc(-c2ccccc2)nn1CCN1CCN(c2cccc(C(F)(F)F)c2)CC1. The first-order valence-corrected chi connectivity index (χ1v) is 10.2. The summed E-state index contributed by atoms with van der Waals surface area (Å²) >= 11 is 0. The van der Waals surface area contributed by atoms with Crippen LogP contribution in [-0.2, 0) is 12.7 Å². The van der Waals surface area contributed by atoms with Gasteiger partial charge in [-0.05, 0) is 24.3 Å². The molecule has 162 valence electrons. The topological polar surface area (TPSA) is 41.4 Å². The van der Waals surface area contributed by atoms with E-state index in [0.29, 0.717) is 45.0 Å². The van der Waals surface area contributed by atoms with Gasteiger partial charge in [0, 0.05) is 50.0 Å². The van der Waals surface area contributed by atoms with Crippen molar-refractivity contribution in [3.8, 4) is 11.3 Å². The molecule has 0 amide bonds. The maximum Gasteiger partial charge on any atom is 0.416 e. The van der Waals surface area contributed by atoms with Crippen molar-refractivity contribution in [1.82, 2.24) is 14.7 Å². The molecule has 5 nitrogen and oxygen atoms in total. The standard InChI is InChI=1S/C23H23F3N4O/c24-23(25,26)19-7-4-8-20(17-19)29-14-11-28(12-15-29)13-16-30-22(31)10-9-21(27-30)18-5-2-1-3-6-18/h1-10,17H,11-16H2. The summed E-state index contributed by atoms with van der Waals surface area (Å²) in [5, 5.41) is 4.48. The Morgan fingerprint density at radius 2 is 1.58 bits per heavy atom. The van der Waals surface area contributed by atoms with Crippen molar-refractivity contribution < 1.29 is 13.2 Å². The number of aromatic nitrogens is 2. The molecule has 0 radical (unpaired) electrons. The molecule has 0 spiro atoms. The minimum atomic E-state index is -4.34. The van der Waals surface area contributed by atoms with Crippen LogP contribution >= 0.6 is 0 Å². The fourth-order valence-electron chi connectivity index (χ4n) is 3.72. The second-order valence-electron chi connectivity index (χ2n) is 7.52. The molecule has 4 rings (SSSR count). The molecule has 0 saturated carbocycles. The number of hydrogen-bond donors (Lipinski definition) is 0. The number of piperazine rings is 1. The molecule has 2 heterocycles. The molecule has 1 fully saturated rings. The monoisotopic (exact) mass is 428 g/mol. The molecule has 2 aromatic carbocycles. The fraction of sp³-hybridized carbons (Fsp3) is 0.304. The maximum atomic E-state index is 13.0. The zero-order valence-electron chi connectivity index (χ0n) is 16.9. The highest BCUT2D eigenvalue weighted by molar-refractivity contribution is 5.57. The van der Waals surface area contributed by atoms with Crippen LogP contribution in [0.2, 0.25) is 0 Å². The zero-order valence-corrected chi connectivity index (χ0v) is 16.9. The van der Waals surface area contributed by atoms with Gasteiger partial charge in [-0.25, -0.2) is 4.68 Å². The van der Waals surface area contributed by atoms with E-state index in [1.807, 2.05) is 35.2 Å². The lowest BCUT2D eigenvalue weighted by Crippen LogP contribution is -2.47. The van der Waals surface area contributed by atoms with E-state index in [-0.39, 0.29) is 5.56 Å². The Morgan fingerprint density at radius 1 is 0.839 bits per heavy atom. The van der Waals surface area contributed by atoms with Crippen molar-refractivity contribution >= 4 is 5.69 Å². The Labute approximate surface area is 178 Å². The van der Waals surface area contributed by atoms with Gasteiger partial charge in [0.15, 0.2) is 0 Å². The van der Waals surface area contributed by atoms with Crippen LogP contribution in [0.25, 0.3) is 11.3 Å². The fourth-order valence-corrected chi connectivity index (χ4v) is 3.72. The van der Waals surface area contributed by atoms with Crippen molar-refractivity contribution in [2.24, 2.45) is 0 Å². The minimum Gasteiger partial charge on any atom is -0.369 e. The summed E-state index contributed by atoms with van der Waals surface area (Å²) in [7, 11) is 0. The van der Waals surface area contributed by atoms with Gasteiger partial charge in [0.05, 0.1) is 17.8 Å². The Hall–Kier alpha value is -3.13. The van der Waals surface area contributed by atoms with E-state index in [1.54, 1.807) is 12.1 Å². The van der Waals surface area contributed by atoms with E-state index in [4.69, 9.17) is 0 Å². The van der Waals surface area contributed by atoms with Gasteiger partial charge in [0.1, 0.15) is 0 Å². The third-order valence-corrected chi connectivity index (χ3v) is 5.48. The lowest BCUT2D eigenvalue weighted by Gasteiger charge is -2.36. The predicted octanol–water partition coefficient (Wildman–Crippen LogP) is 3.75. The van der Waals surface area contributed by atoms with Crippen LogP contribution in [-0.4, -0.2) is 47.4 Å². The average molecular weight is 428 g/mol. The van der Waals surface area contributed by atoms with E-state index >= 15 is 0 Å². The van der Waals surface area contributed by atoms with Gasteiger partial charge in [-0.1, -0.05) is 36.4 Å². The molecule has 0 aliphatic carbocycles. The average Bonchev–Trinajstić information content (AvgIpc) is 2.79. The molecule has 1 aliphatic heterocycles. The van der Waals surface area contributed by atoms with E-state index in [0.717, 1.165) is 17.3 Å². The highest BCUT2D eigenvalue weighted by atomic mass is 19.4. The molecule has 0 unspecified atom stereocenters. The van der Waals surface area contributed by atoms with Crippen molar-refractivity contribution in [3.63, 3.8) is 0 Å². The van der Waals surface area contributed by atoms with Crippen LogP contribution in [0.3, 0.4) is 0 Å². The molecule has 8 heteroatoms. The van der Waals surface area contributed by atoms with Crippen LogP contribution < -0.4 is 10.5 Å². The lowest BCUT2D eigenvalue weighted by atomic mass is 10.1. The summed E-state index contributed by atoms with van der Waals surface area (Å²) in [6.45, 7) is 3.80. The van der Waals surface area contributed by atoms with E-state index < -0.39 is 11.7 Å². The van der Waals surface area contributed by atoms with E-state index in [9.17, 15) is 18.0 Å². The number of rotatable bonds is 5. The Morgan fingerprint density at radius 3 is 2.29 bits per heavy atom. The molecule has 1 aromatic heterocycles. The number of benzene rings is 2. The van der Waals surface area contributed by atoms with Gasteiger partial charge in [-0.3, -0.25) is 9.69 Å². The van der Waals surface area contributed by atoms with E-state index in [2.05, 4.69) is 10.00 Å². The molecule has 1 aliphatic rings. The summed E-state index contributed by atoms with van der Waals surface area (Å²) in [4.78, 5) is 16.4. The highest BCUT2D eigenvalue weighted by Gasteiger charge is 2.31. The Bertz CT molecular complexity index is 1070. The molecule has 0 N–H and O–H groups in total. The van der Waals surface area contributed by atoms with Crippen molar-refractivity contribution in [1.29, 1.82) is 0 Å². The smallest absolute Gasteiger partial charge is 0.369 e. The van der Waals surface area contributed by atoms with Crippen molar-refractivity contribution in [2.45, 2.75) is 12.7 Å². The summed E-state index contributed by atoms with van der Waals surface area (Å²) < 4.78 is 40.4. The van der Waals surface area contributed by atoms with Gasteiger partial charge in [0.25, 0.3) is 5.56 Å². The highest BCUT2D eigenvalue weighted by Crippen LogP contribution is 2.31. The third kappa shape index (κ3) is 5.14. The van der Waals surface area contributed by atoms with Crippen LogP contribution in [0.1, 0.15) is 5.56 Å². The second-order valence-corrected chi connectivity index (χ2v) is 7.52. The van der Waals surface area contributed by atoms with Crippen LogP contribution in [0, 0.1) is 0 Å². The van der Waals surface area contributed by atoms with Crippen LogP contribution in [0.4, 0.5) is 18.9 Å². The second kappa shape index (κ2) is 8.93.